The maximum absolute atomic E-state index is 12.9. The molecule has 0 spiro atoms. The number of ether oxygens (including phenoxy) is 2. The number of pyridine rings is 1. The molecule has 0 fully saturated rings. The van der Waals surface area contributed by atoms with Crippen LogP contribution in [-0.4, -0.2) is 29.2 Å². The minimum Gasteiger partial charge on any atom is -0.497 e. The average Bonchev–Trinajstić information content (AvgIpc) is 2.78. The summed E-state index contributed by atoms with van der Waals surface area (Å²) in [5.74, 6) is 0.0584. The van der Waals surface area contributed by atoms with Gasteiger partial charge in [0.05, 0.1) is 18.7 Å². The summed E-state index contributed by atoms with van der Waals surface area (Å²) >= 11 is 0. The van der Waals surface area contributed by atoms with Crippen LogP contribution < -0.4 is 15.0 Å². The van der Waals surface area contributed by atoms with E-state index in [-0.39, 0.29) is 23.3 Å². The summed E-state index contributed by atoms with van der Waals surface area (Å²) in [6.07, 6.45) is 0. The lowest BCUT2D eigenvalue weighted by Gasteiger charge is -2.21. The molecule has 0 radical (unpaired) electrons. The molecule has 2 aromatic carbocycles. The van der Waals surface area contributed by atoms with Gasteiger partial charge in [0.1, 0.15) is 23.1 Å². The van der Waals surface area contributed by atoms with E-state index in [1.165, 1.54) is 6.92 Å². The zero-order valence-corrected chi connectivity index (χ0v) is 17.5. The molecule has 1 aromatic heterocycles. The van der Waals surface area contributed by atoms with Crippen LogP contribution in [0.1, 0.15) is 40.0 Å². The number of aromatic nitrogens is 1. The minimum atomic E-state index is -0.651. The Kier molecular flexibility index (Phi) is 6.41. The predicted octanol–water partition coefficient (Wildman–Crippen LogP) is 3.61. The van der Waals surface area contributed by atoms with Crippen LogP contribution >= 0.6 is 0 Å². The van der Waals surface area contributed by atoms with Crippen molar-refractivity contribution in [3.8, 4) is 23.4 Å². The molecule has 0 saturated carbocycles. The molecule has 0 saturated heterocycles. The van der Waals surface area contributed by atoms with Crippen LogP contribution in [0, 0.1) is 18.3 Å². The molecule has 0 aliphatic carbocycles. The Balaban J connectivity index is 2.00. The van der Waals surface area contributed by atoms with E-state index in [4.69, 9.17) is 9.47 Å². The van der Waals surface area contributed by atoms with Gasteiger partial charge in [0.15, 0.2) is 6.61 Å². The number of Topliss-reactive ketones (excluding diaryl/α,β-unsaturated/α-hetero) is 1. The van der Waals surface area contributed by atoms with Crippen LogP contribution in [0.4, 0.5) is 0 Å². The van der Waals surface area contributed by atoms with Crippen molar-refractivity contribution in [2.45, 2.75) is 19.9 Å². The van der Waals surface area contributed by atoms with Crippen molar-refractivity contribution >= 4 is 5.78 Å². The van der Waals surface area contributed by atoms with Gasteiger partial charge in [-0.1, -0.05) is 30.3 Å². The second-order valence-corrected chi connectivity index (χ2v) is 6.96. The molecule has 1 unspecified atom stereocenters. The summed E-state index contributed by atoms with van der Waals surface area (Å²) in [5, 5.41) is 20.4. The molecule has 0 aliphatic rings. The van der Waals surface area contributed by atoms with Gasteiger partial charge in [-0.3, -0.25) is 14.2 Å². The van der Waals surface area contributed by atoms with Gasteiger partial charge in [-0.15, -0.1) is 0 Å². The molecule has 3 aromatic rings. The number of nitriles is 1. The number of carbonyl (C=O) groups excluding carboxylic acids is 1. The number of hydrogen-bond acceptors (Lipinski definition) is 6. The molecule has 0 bridgehead atoms. The van der Waals surface area contributed by atoms with Gasteiger partial charge >= 0.3 is 0 Å². The van der Waals surface area contributed by atoms with Crippen molar-refractivity contribution in [2.24, 2.45) is 0 Å². The van der Waals surface area contributed by atoms with Gasteiger partial charge in [0.25, 0.3) is 5.56 Å². The first-order valence-corrected chi connectivity index (χ1v) is 9.62. The smallest absolute Gasteiger partial charge is 0.272 e. The van der Waals surface area contributed by atoms with Gasteiger partial charge in [-0.2, -0.15) is 5.26 Å². The summed E-state index contributed by atoms with van der Waals surface area (Å²) in [6.45, 7) is 2.82. The fourth-order valence-corrected chi connectivity index (χ4v) is 3.39. The Morgan fingerprint density at radius 3 is 2.32 bits per heavy atom. The maximum Gasteiger partial charge on any atom is 0.272 e. The van der Waals surface area contributed by atoms with E-state index in [1.807, 2.05) is 24.3 Å². The van der Waals surface area contributed by atoms with E-state index in [1.54, 1.807) is 50.4 Å². The number of carbonyl (C=O) groups is 1. The fourth-order valence-electron chi connectivity index (χ4n) is 3.39. The van der Waals surface area contributed by atoms with Crippen LogP contribution in [0.2, 0.25) is 0 Å². The molecule has 1 heterocycles. The summed E-state index contributed by atoms with van der Waals surface area (Å²) < 4.78 is 11.7. The zero-order valence-electron chi connectivity index (χ0n) is 17.5. The number of methoxy groups -OCH3 is 1. The second kappa shape index (κ2) is 9.18. The number of ketones is 1. The highest BCUT2D eigenvalue weighted by Crippen LogP contribution is 2.28. The van der Waals surface area contributed by atoms with Crippen molar-refractivity contribution in [2.75, 3.05) is 13.7 Å². The maximum atomic E-state index is 12.9. The van der Waals surface area contributed by atoms with Gasteiger partial charge < -0.3 is 14.6 Å². The number of benzene rings is 2. The van der Waals surface area contributed by atoms with Gasteiger partial charge in [0.2, 0.25) is 11.7 Å². The lowest BCUT2D eigenvalue weighted by Crippen LogP contribution is -2.30. The quantitative estimate of drug-likeness (QED) is 0.588. The lowest BCUT2D eigenvalue weighted by atomic mass is 10.00. The van der Waals surface area contributed by atoms with Gasteiger partial charge in [-0.25, -0.2) is 0 Å². The minimum absolute atomic E-state index is 0.104. The molecular formula is C24H22N2O5. The Morgan fingerprint density at radius 1 is 1.13 bits per heavy atom. The van der Waals surface area contributed by atoms with Crippen LogP contribution in [-0.2, 0) is 0 Å². The third kappa shape index (κ3) is 4.28. The van der Waals surface area contributed by atoms with E-state index in [0.29, 0.717) is 11.5 Å². The first kappa shape index (κ1) is 21.7. The van der Waals surface area contributed by atoms with Crippen molar-refractivity contribution in [1.82, 2.24) is 4.57 Å². The lowest BCUT2D eigenvalue weighted by molar-refractivity contribution is 0.0916. The van der Waals surface area contributed by atoms with Crippen molar-refractivity contribution in [3.05, 3.63) is 87.2 Å². The van der Waals surface area contributed by atoms with E-state index in [2.05, 4.69) is 0 Å². The average molecular weight is 418 g/mol. The van der Waals surface area contributed by atoms with Crippen LogP contribution in [0.15, 0.2) is 59.4 Å². The molecule has 7 heteroatoms. The van der Waals surface area contributed by atoms with Crippen LogP contribution in [0.25, 0.3) is 0 Å². The molecule has 7 nitrogen and oxygen atoms in total. The van der Waals surface area contributed by atoms with Crippen molar-refractivity contribution in [3.63, 3.8) is 0 Å². The van der Waals surface area contributed by atoms with E-state index in [0.717, 1.165) is 10.1 Å². The highest BCUT2D eigenvalue weighted by molar-refractivity contribution is 6.01. The third-order valence-electron chi connectivity index (χ3n) is 5.12. The van der Waals surface area contributed by atoms with E-state index >= 15 is 0 Å². The third-order valence-corrected chi connectivity index (χ3v) is 5.12. The largest absolute Gasteiger partial charge is 0.497 e. The monoisotopic (exact) mass is 418 g/mol. The summed E-state index contributed by atoms with van der Waals surface area (Å²) in [5.41, 5.74) is -0.0623. The highest BCUT2D eigenvalue weighted by Gasteiger charge is 2.26. The molecule has 158 valence electrons. The fraction of sp³-hybridized carbons (Fsp3) is 0.208. The molecule has 0 aliphatic heterocycles. The van der Waals surface area contributed by atoms with Gasteiger partial charge in [0, 0.05) is 0 Å². The Bertz CT molecular complexity index is 1190. The summed E-state index contributed by atoms with van der Waals surface area (Å²) in [4.78, 5) is 25.8. The highest BCUT2D eigenvalue weighted by atomic mass is 16.5. The number of rotatable bonds is 7. The van der Waals surface area contributed by atoms with E-state index in [9.17, 15) is 20.0 Å². The van der Waals surface area contributed by atoms with Crippen molar-refractivity contribution < 1.29 is 19.4 Å². The molecule has 31 heavy (non-hydrogen) atoms. The SMILES string of the molecule is COc1ccc(OCC(=O)c2c(C)c(C#N)c(=O)n(C(C)c3ccccc3)c2O)cc1. The molecule has 0 amide bonds. The zero-order chi connectivity index (χ0) is 22.5. The van der Waals surface area contributed by atoms with Crippen LogP contribution in [0.3, 0.4) is 0 Å². The normalized spacial score (nSPS) is 11.4. The second-order valence-electron chi connectivity index (χ2n) is 6.96. The molecule has 1 N–H and O–H groups in total. The van der Waals surface area contributed by atoms with Crippen molar-refractivity contribution in [1.29, 1.82) is 5.26 Å². The first-order chi connectivity index (χ1) is 14.9. The molecule has 1 atom stereocenters. The number of nitrogens with zero attached hydrogens (tertiary/aromatic N) is 2. The predicted molar refractivity (Wildman–Crippen MR) is 115 cm³/mol. The van der Waals surface area contributed by atoms with Gasteiger partial charge in [-0.05, 0) is 49.2 Å². The van der Waals surface area contributed by atoms with Crippen LogP contribution in [0.5, 0.6) is 17.4 Å². The Morgan fingerprint density at radius 2 is 1.74 bits per heavy atom. The Hall–Kier alpha value is -4.05. The Labute approximate surface area is 179 Å². The topological polar surface area (TPSA) is 102 Å². The molecule has 3 rings (SSSR count). The summed E-state index contributed by atoms with van der Waals surface area (Å²) in [7, 11) is 1.54. The number of aromatic hydroxyl groups is 1. The van der Waals surface area contributed by atoms with E-state index < -0.39 is 23.3 Å². The molecular weight excluding hydrogens is 396 g/mol. The standard InChI is InChI=1S/C24H22N2O5/c1-15-20(13-25)23(28)26(16(2)17-7-5-4-6-8-17)24(29)22(15)21(27)14-31-19-11-9-18(30-3)10-12-19/h4-12,16,29H,14H2,1-3H3. The summed E-state index contributed by atoms with van der Waals surface area (Å²) in [6, 6.07) is 17.0. The number of hydrogen-bond donors (Lipinski definition) is 1. The first-order valence-electron chi connectivity index (χ1n) is 9.62.